The number of furan rings is 1. The van der Waals surface area contributed by atoms with Gasteiger partial charge in [0.15, 0.2) is 11.4 Å². The molecule has 0 spiro atoms. The molecule has 0 saturated heterocycles. The van der Waals surface area contributed by atoms with Gasteiger partial charge in [-0.2, -0.15) is 0 Å². The van der Waals surface area contributed by atoms with E-state index in [9.17, 15) is 4.39 Å². The zero-order valence-corrected chi connectivity index (χ0v) is 7.30. The highest BCUT2D eigenvalue weighted by molar-refractivity contribution is 5.79. The van der Waals surface area contributed by atoms with Crippen molar-refractivity contribution in [2.75, 3.05) is 0 Å². The summed E-state index contributed by atoms with van der Waals surface area (Å²) < 4.78 is 18.6. The molecule has 0 fully saturated rings. The third-order valence-electron chi connectivity index (χ3n) is 2.07. The highest BCUT2D eigenvalue weighted by Crippen LogP contribution is 2.23. The van der Waals surface area contributed by atoms with Gasteiger partial charge in [0.2, 0.25) is 0 Å². The summed E-state index contributed by atoms with van der Waals surface area (Å²) in [4.78, 5) is 0. The first-order chi connectivity index (χ1) is 6.22. The van der Waals surface area contributed by atoms with Crippen molar-refractivity contribution in [2.45, 2.75) is 13.5 Å². The average molecular weight is 179 g/mol. The molecular formula is C10H10FNO. The fourth-order valence-corrected chi connectivity index (χ4v) is 1.32. The number of nitrogens with two attached hydrogens (primary N) is 1. The lowest BCUT2D eigenvalue weighted by Crippen LogP contribution is -1.92. The minimum atomic E-state index is -0.294. The predicted molar refractivity (Wildman–Crippen MR) is 48.8 cm³/mol. The smallest absolute Gasteiger partial charge is 0.170 e. The topological polar surface area (TPSA) is 39.2 Å². The lowest BCUT2D eigenvalue weighted by atomic mass is 10.2. The van der Waals surface area contributed by atoms with Gasteiger partial charge in [-0.1, -0.05) is 12.1 Å². The van der Waals surface area contributed by atoms with Crippen LogP contribution in [-0.4, -0.2) is 0 Å². The van der Waals surface area contributed by atoms with E-state index in [1.807, 2.05) is 6.07 Å². The number of fused-ring (bicyclic) bond motifs is 1. The largest absolute Gasteiger partial charge is 0.457 e. The van der Waals surface area contributed by atoms with Crippen molar-refractivity contribution in [3.8, 4) is 0 Å². The highest BCUT2D eigenvalue weighted by atomic mass is 19.1. The van der Waals surface area contributed by atoms with Crippen LogP contribution in [0.25, 0.3) is 11.0 Å². The van der Waals surface area contributed by atoms with Crippen molar-refractivity contribution in [2.24, 2.45) is 5.73 Å². The predicted octanol–water partition coefficient (Wildman–Crippen LogP) is 2.34. The summed E-state index contributed by atoms with van der Waals surface area (Å²) in [5.74, 6) is 0.316. The van der Waals surface area contributed by atoms with Crippen molar-refractivity contribution in [3.63, 3.8) is 0 Å². The maximum absolute atomic E-state index is 13.4. The van der Waals surface area contributed by atoms with Crippen LogP contribution in [0, 0.1) is 12.7 Å². The normalized spacial score (nSPS) is 11.0. The molecule has 2 nitrogen and oxygen atoms in total. The number of benzene rings is 1. The van der Waals surface area contributed by atoms with E-state index in [0.29, 0.717) is 23.5 Å². The Morgan fingerprint density at radius 2 is 2.23 bits per heavy atom. The van der Waals surface area contributed by atoms with Gasteiger partial charge >= 0.3 is 0 Å². The van der Waals surface area contributed by atoms with Crippen LogP contribution < -0.4 is 5.73 Å². The summed E-state index contributed by atoms with van der Waals surface area (Å²) in [5, 5.41) is 0.767. The van der Waals surface area contributed by atoms with E-state index < -0.39 is 0 Å². The SMILES string of the molecule is Cc1ccc2cc(CN)oc2c1F. The Hall–Kier alpha value is -1.35. The van der Waals surface area contributed by atoms with E-state index in [1.54, 1.807) is 19.1 Å². The molecule has 0 bridgehead atoms. The van der Waals surface area contributed by atoms with Crippen LogP contribution >= 0.6 is 0 Å². The molecule has 0 amide bonds. The molecular weight excluding hydrogens is 169 g/mol. The maximum Gasteiger partial charge on any atom is 0.170 e. The van der Waals surface area contributed by atoms with Gasteiger partial charge < -0.3 is 10.2 Å². The van der Waals surface area contributed by atoms with Crippen molar-refractivity contribution in [1.82, 2.24) is 0 Å². The molecule has 0 atom stereocenters. The number of hydrogen-bond acceptors (Lipinski definition) is 2. The Kier molecular flexibility index (Phi) is 1.81. The number of aryl methyl sites for hydroxylation is 1. The van der Waals surface area contributed by atoms with E-state index in [-0.39, 0.29) is 5.82 Å². The molecule has 0 aliphatic carbocycles. The molecule has 2 rings (SSSR count). The van der Waals surface area contributed by atoms with E-state index in [1.165, 1.54) is 0 Å². The van der Waals surface area contributed by atoms with Crippen LogP contribution in [0.15, 0.2) is 22.6 Å². The summed E-state index contributed by atoms with van der Waals surface area (Å²) in [7, 11) is 0. The van der Waals surface area contributed by atoms with Gasteiger partial charge in [0.05, 0.1) is 6.54 Å². The number of rotatable bonds is 1. The second-order valence-corrected chi connectivity index (χ2v) is 3.03. The van der Waals surface area contributed by atoms with E-state index in [2.05, 4.69) is 0 Å². The van der Waals surface area contributed by atoms with Crippen LogP contribution in [0.1, 0.15) is 11.3 Å². The first-order valence-corrected chi connectivity index (χ1v) is 4.10. The lowest BCUT2D eigenvalue weighted by molar-refractivity contribution is 0.519. The molecule has 0 saturated carbocycles. The molecule has 0 unspecified atom stereocenters. The van der Waals surface area contributed by atoms with E-state index >= 15 is 0 Å². The minimum absolute atomic E-state index is 0.294. The zero-order chi connectivity index (χ0) is 9.42. The standard InChI is InChI=1S/C10H10FNO/c1-6-2-3-7-4-8(5-12)13-10(7)9(6)11/h2-4H,5,12H2,1H3. The quantitative estimate of drug-likeness (QED) is 0.729. The van der Waals surface area contributed by atoms with E-state index in [0.717, 1.165) is 5.39 Å². The second-order valence-electron chi connectivity index (χ2n) is 3.03. The molecule has 1 heterocycles. The van der Waals surface area contributed by atoms with Gasteiger partial charge in [-0.05, 0) is 18.6 Å². The Bertz CT molecular complexity index is 447. The first kappa shape index (κ1) is 8.26. The van der Waals surface area contributed by atoms with Crippen molar-refractivity contribution in [3.05, 3.63) is 35.3 Å². The van der Waals surface area contributed by atoms with Crippen molar-refractivity contribution < 1.29 is 8.81 Å². The molecule has 0 aliphatic rings. The zero-order valence-electron chi connectivity index (χ0n) is 7.30. The van der Waals surface area contributed by atoms with Crippen LogP contribution in [0.2, 0.25) is 0 Å². The Morgan fingerprint density at radius 3 is 2.92 bits per heavy atom. The van der Waals surface area contributed by atoms with Gasteiger partial charge in [0.1, 0.15) is 5.76 Å². The van der Waals surface area contributed by atoms with Gasteiger partial charge in [0, 0.05) is 5.39 Å². The molecule has 13 heavy (non-hydrogen) atoms. The van der Waals surface area contributed by atoms with Gasteiger partial charge in [0.25, 0.3) is 0 Å². The minimum Gasteiger partial charge on any atom is -0.457 e. The number of halogens is 1. The Labute approximate surface area is 75.1 Å². The fourth-order valence-electron chi connectivity index (χ4n) is 1.32. The summed E-state index contributed by atoms with van der Waals surface area (Å²) in [6, 6.07) is 5.32. The highest BCUT2D eigenvalue weighted by Gasteiger charge is 2.09. The Balaban J connectivity index is 2.76. The molecule has 1 aromatic carbocycles. The van der Waals surface area contributed by atoms with Gasteiger partial charge in [-0.15, -0.1) is 0 Å². The Morgan fingerprint density at radius 1 is 1.46 bits per heavy atom. The van der Waals surface area contributed by atoms with Crippen LogP contribution in [-0.2, 0) is 6.54 Å². The van der Waals surface area contributed by atoms with Crippen LogP contribution in [0.4, 0.5) is 4.39 Å². The molecule has 2 N–H and O–H groups in total. The summed E-state index contributed by atoms with van der Waals surface area (Å²) in [6.07, 6.45) is 0. The average Bonchev–Trinajstić information content (AvgIpc) is 2.55. The first-order valence-electron chi connectivity index (χ1n) is 4.10. The molecule has 2 aromatic rings. The fraction of sp³-hybridized carbons (Fsp3) is 0.200. The third kappa shape index (κ3) is 1.21. The monoisotopic (exact) mass is 179 g/mol. The summed E-state index contributed by atoms with van der Waals surface area (Å²) >= 11 is 0. The molecule has 1 aromatic heterocycles. The van der Waals surface area contributed by atoms with Crippen LogP contribution in [0.5, 0.6) is 0 Å². The maximum atomic E-state index is 13.4. The molecule has 3 heteroatoms. The summed E-state index contributed by atoms with van der Waals surface area (Å²) in [6.45, 7) is 2.01. The van der Waals surface area contributed by atoms with Gasteiger partial charge in [-0.3, -0.25) is 0 Å². The van der Waals surface area contributed by atoms with E-state index in [4.69, 9.17) is 10.2 Å². The van der Waals surface area contributed by atoms with Crippen molar-refractivity contribution in [1.29, 1.82) is 0 Å². The summed E-state index contributed by atoms with van der Waals surface area (Å²) in [5.41, 5.74) is 6.28. The molecule has 0 aliphatic heterocycles. The number of hydrogen-bond donors (Lipinski definition) is 1. The lowest BCUT2D eigenvalue weighted by Gasteiger charge is -1.94. The third-order valence-corrected chi connectivity index (χ3v) is 2.07. The molecule has 68 valence electrons. The molecule has 0 radical (unpaired) electrons. The second kappa shape index (κ2) is 2.85. The van der Waals surface area contributed by atoms with Crippen LogP contribution in [0.3, 0.4) is 0 Å². The van der Waals surface area contributed by atoms with Gasteiger partial charge in [-0.25, -0.2) is 4.39 Å². The van der Waals surface area contributed by atoms with Crippen molar-refractivity contribution >= 4 is 11.0 Å².